The smallest absolute Gasteiger partial charge is 0.408 e. The third kappa shape index (κ3) is 8.14. The van der Waals surface area contributed by atoms with Gasteiger partial charge in [-0.2, -0.15) is 0 Å². The molecule has 1 aromatic carbocycles. The van der Waals surface area contributed by atoms with E-state index in [-0.39, 0.29) is 12.1 Å². The molecule has 0 spiro atoms. The SMILES string of the molecule is CC(C)CC1=C(c2ccc(Cl)c(Cl)c2)NC(=NCC(NC(=O)OC(C)(C)C)C(=O)P)[B]1. The summed E-state index contributed by atoms with van der Waals surface area (Å²) in [6, 6.07) is 4.64. The second-order valence-electron chi connectivity index (χ2n) is 8.72. The molecule has 10 heteroatoms. The van der Waals surface area contributed by atoms with Gasteiger partial charge in [0.1, 0.15) is 11.6 Å². The predicted octanol–water partition coefficient (Wildman–Crippen LogP) is 4.67. The first kappa shape index (κ1) is 25.7. The van der Waals surface area contributed by atoms with Gasteiger partial charge in [0.2, 0.25) is 7.28 Å². The molecule has 2 unspecified atom stereocenters. The van der Waals surface area contributed by atoms with Gasteiger partial charge in [-0.15, -0.1) is 0 Å². The first-order valence-corrected chi connectivity index (χ1v) is 11.3. The predicted molar refractivity (Wildman–Crippen MR) is 132 cm³/mol. The van der Waals surface area contributed by atoms with Crippen LogP contribution in [0.3, 0.4) is 0 Å². The lowest BCUT2D eigenvalue weighted by molar-refractivity contribution is -0.112. The molecular formula is C21H28BCl2N3O3P. The molecule has 6 nitrogen and oxygen atoms in total. The highest BCUT2D eigenvalue weighted by Crippen LogP contribution is 2.30. The van der Waals surface area contributed by atoms with Crippen LogP contribution in [0, 0.1) is 5.92 Å². The Labute approximate surface area is 197 Å². The minimum Gasteiger partial charge on any atom is -0.444 e. The monoisotopic (exact) mass is 482 g/mol. The van der Waals surface area contributed by atoms with Crippen LogP contribution in [0.5, 0.6) is 0 Å². The Kier molecular flexibility index (Phi) is 8.99. The lowest BCUT2D eigenvalue weighted by Gasteiger charge is -2.22. The van der Waals surface area contributed by atoms with Crippen molar-refractivity contribution in [3.05, 3.63) is 39.3 Å². The second kappa shape index (κ2) is 10.8. The number of carbonyl (C=O) groups is 2. The van der Waals surface area contributed by atoms with Crippen molar-refractivity contribution in [2.45, 2.75) is 52.7 Å². The molecule has 31 heavy (non-hydrogen) atoms. The number of allylic oxidation sites excluding steroid dienone is 1. The van der Waals surface area contributed by atoms with Gasteiger partial charge < -0.3 is 15.4 Å². The maximum absolute atomic E-state index is 12.0. The van der Waals surface area contributed by atoms with Crippen molar-refractivity contribution in [2.75, 3.05) is 6.54 Å². The zero-order valence-electron chi connectivity index (χ0n) is 18.4. The van der Waals surface area contributed by atoms with Gasteiger partial charge in [-0.05, 0) is 50.8 Å². The fourth-order valence-corrected chi connectivity index (χ4v) is 3.41. The van der Waals surface area contributed by atoms with Crippen LogP contribution in [0.25, 0.3) is 5.70 Å². The number of amides is 1. The van der Waals surface area contributed by atoms with Crippen molar-refractivity contribution in [1.82, 2.24) is 10.6 Å². The van der Waals surface area contributed by atoms with Gasteiger partial charge in [-0.1, -0.05) is 57.8 Å². The Morgan fingerprint density at radius 1 is 1.26 bits per heavy atom. The van der Waals surface area contributed by atoms with Crippen molar-refractivity contribution < 1.29 is 14.3 Å². The van der Waals surface area contributed by atoms with Crippen LogP contribution in [0.4, 0.5) is 4.79 Å². The van der Waals surface area contributed by atoms with Crippen LogP contribution in [0.15, 0.2) is 28.7 Å². The zero-order chi connectivity index (χ0) is 23.3. The highest BCUT2D eigenvalue weighted by molar-refractivity contribution is 7.40. The van der Waals surface area contributed by atoms with Gasteiger partial charge in [0.25, 0.3) is 0 Å². The highest BCUT2D eigenvalue weighted by atomic mass is 35.5. The number of nitrogens with one attached hydrogen (secondary N) is 2. The molecule has 2 N–H and O–H groups in total. The number of rotatable bonds is 7. The molecule has 167 valence electrons. The van der Waals surface area contributed by atoms with Gasteiger partial charge >= 0.3 is 6.09 Å². The maximum atomic E-state index is 12.0. The Morgan fingerprint density at radius 2 is 1.94 bits per heavy atom. The summed E-state index contributed by atoms with van der Waals surface area (Å²) in [6.07, 6.45) is 0.177. The number of hydrogen-bond acceptors (Lipinski definition) is 4. The fourth-order valence-electron chi connectivity index (χ4n) is 2.92. The summed E-state index contributed by atoms with van der Waals surface area (Å²) in [4.78, 5) is 28.5. The van der Waals surface area contributed by atoms with Crippen LogP contribution in [-0.4, -0.2) is 42.8 Å². The summed E-state index contributed by atoms with van der Waals surface area (Å²) in [6.45, 7) is 9.62. The zero-order valence-corrected chi connectivity index (χ0v) is 21.1. The molecule has 0 aliphatic carbocycles. The summed E-state index contributed by atoms with van der Waals surface area (Å²) in [5.41, 5.74) is 2.56. The van der Waals surface area contributed by atoms with Crippen LogP contribution in [-0.2, 0) is 9.53 Å². The van der Waals surface area contributed by atoms with Gasteiger partial charge in [0, 0.05) is 5.70 Å². The van der Waals surface area contributed by atoms with E-state index in [4.69, 9.17) is 27.9 Å². The topological polar surface area (TPSA) is 79.8 Å². The molecule has 0 saturated heterocycles. The summed E-state index contributed by atoms with van der Waals surface area (Å²) >= 11 is 12.3. The molecule has 1 heterocycles. The van der Waals surface area contributed by atoms with E-state index >= 15 is 0 Å². The average molecular weight is 483 g/mol. The van der Waals surface area contributed by atoms with E-state index in [2.05, 4.69) is 38.7 Å². The number of halogens is 2. The normalized spacial score (nSPS) is 16.2. The van der Waals surface area contributed by atoms with Crippen molar-refractivity contribution in [2.24, 2.45) is 10.9 Å². The molecule has 2 atom stereocenters. The summed E-state index contributed by atoms with van der Waals surface area (Å²) in [5.74, 6) is 0.431. The molecule has 0 bridgehead atoms. The standard InChI is InChI=1S/C21H28BCl2N3O3P/c1-11(2)8-13-17(12-6-7-14(23)15(24)9-12)27-19(22-13)25-10-16(18(28)31)26-20(29)30-21(3,4)5/h6-7,9,11,16H,8,10,31H2,1-5H3,(H,25,27)(H,26,29). The van der Waals surface area contributed by atoms with E-state index in [1.54, 1.807) is 26.8 Å². The van der Waals surface area contributed by atoms with Crippen molar-refractivity contribution >= 4 is 62.8 Å². The maximum Gasteiger partial charge on any atom is 0.408 e. The van der Waals surface area contributed by atoms with E-state index in [1.165, 1.54) is 0 Å². The number of nitrogens with zero attached hydrogens (tertiary/aromatic N) is 1. The van der Waals surface area contributed by atoms with Crippen LogP contribution < -0.4 is 10.6 Å². The molecule has 1 amide bonds. The van der Waals surface area contributed by atoms with Crippen LogP contribution in [0.2, 0.25) is 10.0 Å². The van der Waals surface area contributed by atoms with Crippen LogP contribution >= 0.6 is 32.4 Å². The summed E-state index contributed by atoms with van der Waals surface area (Å²) < 4.78 is 5.23. The van der Waals surface area contributed by atoms with E-state index < -0.39 is 17.7 Å². The van der Waals surface area contributed by atoms with Crippen molar-refractivity contribution in [3.8, 4) is 0 Å². The van der Waals surface area contributed by atoms with E-state index in [0.717, 1.165) is 23.2 Å². The molecule has 0 saturated carbocycles. The number of amidine groups is 1. The van der Waals surface area contributed by atoms with Crippen LogP contribution in [0.1, 0.15) is 46.6 Å². The first-order chi connectivity index (χ1) is 14.4. The lowest BCUT2D eigenvalue weighted by atomic mass is 9.67. The Bertz CT molecular complexity index is 914. The number of alkyl carbamates (subject to hydrolysis) is 1. The number of carbonyl (C=O) groups excluding carboxylic acids is 2. The minimum absolute atomic E-state index is 0.0734. The quantitative estimate of drug-likeness (QED) is 0.437. The molecule has 1 aromatic rings. The van der Waals surface area contributed by atoms with Gasteiger partial charge in [0.15, 0.2) is 5.52 Å². The molecule has 1 aliphatic heterocycles. The number of aliphatic imine (C=N–C) groups is 1. The van der Waals surface area contributed by atoms with Crippen molar-refractivity contribution in [3.63, 3.8) is 0 Å². The Morgan fingerprint density at radius 3 is 2.48 bits per heavy atom. The van der Waals surface area contributed by atoms with E-state index in [9.17, 15) is 9.59 Å². The van der Waals surface area contributed by atoms with E-state index in [0.29, 0.717) is 21.7 Å². The highest BCUT2D eigenvalue weighted by Gasteiger charge is 2.25. The average Bonchev–Trinajstić information content (AvgIpc) is 3.01. The Balaban J connectivity index is 2.16. The van der Waals surface area contributed by atoms with Crippen molar-refractivity contribution in [1.29, 1.82) is 0 Å². The number of benzene rings is 1. The molecule has 1 aliphatic rings. The lowest BCUT2D eigenvalue weighted by Crippen LogP contribution is -2.44. The largest absolute Gasteiger partial charge is 0.444 e. The van der Waals surface area contributed by atoms with E-state index in [1.807, 2.05) is 19.4 Å². The summed E-state index contributed by atoms with van der Waals surface area (Å²) in [5, 5.41) is 6.84. The molecule has 2 rings (SSSR count). The Hall–Kier alpha value is -1.56. The van der Waals surface area contributed by atoms with Gasteiger partial charge in [-0.3, -0.25) is 9.79 Å². The number of hydrogen-bond donors (Lipinski definition) is 2. The second-order valence-corrected chi connectivity index (χ2v) is 10.1. The third-order valence-electron chi connectivity index (χ3n) is 4.20. The molecular weight excluding hydrogens is 455 g/mol. The fraction of sp³-hybridized carbons (Fsp3) is 0.476. The molecule has 1 radical (unpaired) electrons. The molecule has 0 aromatic heterocycles. The first-order valence-electron chi connectivity index (χ1n) is 9.99. The number of ether oxygens (including phenoxy) is 1. The minimum atomic E-state index is -0.815. The summed E-state index contributed by atoms with van der Waals surface area (Å²) in [7, 11) is 4.04. The molecule has 0 fully saturated rings. The van der Waals surface area contributed by atoms with Gasteiger partial charge in [0.05, 0.1) is 22.3 Å². The van der Waals surface area contributed by atoms with Gasteiger partial charge in [-0.25, -0.2) is 4.79 Å². The third-order valence-corrected chi connectivity index (χ3v) is 5.34.